The first kappa shape index (κ1) is 15.7. The molecule has 0 bridgehead atoms. The highest BCUT2D eigenvalue weighted by Crippen LogP contribution is 2.29. The normalized spacial score (nSPS) is 14.2. The van der Waals surface area contributed by atoms with Gasteiger partial charge in [0.2, 0.25) is 0 Å². The second-order valence-corrected chi connectivity index (χ2v) is 7.59. The zero-order valence-corrected chi connectivity index (χ0v) is 15.0. The van der Waals surface area contributed by atoms with Crippen molar-refractivity contribution in [2.45, 2.75) is 32.5 Å². The summed E-state index contributed by atoms with van der Waals surface area (Å²) in [5.74, 6) is 0. The number of para-hydroxylation sites is 1. The van der Waals surface area contributed by atoms with Gasteiger partial charge in [0.1, 0.15) is 10.3 Å². The van der Waals surface area contributed by atoms with E-state index in [1.807, 2.05) is 28.9 Å². The number of aryl methyl sites for hydroxylation is 2. The van der Waals surface area contributed by atoms with Crippen molar-refractivity contribution in [3.05, 3.63) is 51.4 Å². The third-order valence-corrected chi connectivity index (χ3v) is 6.03. The molecule has 0 saturated heterocycles. The summed E-state index contributed by atoms with van der Waals surface area (Å²) >= 11 is 1.64. The summed E-state index contributed by atoms with van der Waals surface area (Å²) < 4.78 is 3.63. The standard InChI is InChI=1S/C18H18N6OS/c25-18-16-12-6-7-19-10-15(12)26-17(16)20-11-23(18)8-3-9-24-14-5-2-1-4-13(14)21-22-24/h1-2,4-5,11,19H,3,6-10H2. The minimum absolute atomic E-state index is 0.0813. The van der Waals surface area contributed by atoms with E-state index in [0.717, 1.165) is 53.7 Å². The van der Waals surface area contributed by atoms with E-state index in [1.54, 1.807) is 22.2 Å². The van der Waals surface area contributed by atoms with Crippen LogP contribution in [0.25, 0.3) is 21.3 Å². The molecule has 4 aromatic rings. The fourth-order valence-electron chi connectivity index (χ4n) is 3.58. The molecule has 0 amide bonds. The van der Waals surface area contributed by atoms with Gasteiger partial charge in [0, 0.05) is 24.5 Å². The maximum absolute atomic E-state index is 12.9. The van der Waals surface area contributed by atoms with Gasteiger partial charge < -0.3 is 5.32 Å². The van der Waals surface area contributed by atoms with Crippen molar-refractivity contribution >= 4 is 32.6 Å². The lowest BCUT2D eigenvalue weighted by molar-refractivity contribution is 0.517. The predicted molar refractivity (Wildman–Crippen MR) is 101 cm³/mol. The van der Waals surface area contributed by atoms with Crippen LogP contribution in [-0.4, -0.2) is 31.1 Å². The van der Waals surface area contributed by atoms with Gasteiger partial charge in [-0.05, 0) is 37.1 Å². The van der Waals surface area contributed by atoms with Crippen LogP contribution < -0.4 is 10.9 Å². The third-order valence-electron chi connectivity index (χ3n) is 4.89. The molecule has 7 nitrogen and oxygen atoms in total. The molecule has 0 atom stereocenters. The van der Waals surface area contributed by atoms with Crippen molar-refractivity contribution < 1.29 is 0 Å². The van der Waals surface area contributed by atoms with Gasteiger partial charge in [-0.3, -0.25) is 9.36 Å². The van der Waals surface area contributed by atoms with Crippen molar-refractivity contribution in [3.63, 3.8) is 0 Å². The van der Waals surface area contributed by atoms with Crippen LogP contribution in [-0.2, 0) is 26.1 Å². The predicted octanol–water partition coefficient (Wildman–Crippen LogP) is 1.94. The molecule has 3 aromatic heterocycles. The van der Waals surface area contributed by atoms with Crippen molar-refractivity contribution in [2.75, 3.05) is 6.54 Å². The highest BCUT2D eigenvalue weighted by Gasteiger charge is 2.19. The Morgan fingerprint density at radius 3 is 3.12 bits per heavy atom. The lowest BCUT2D eigenvalue weighted by Gasteiger charge is -2.12. The van der Waals surface area contributed by atoms with Crippen LogP contribution in [0.3, 0.4) is 0 Å². The van der Waals surface area contributed by atoms with Gasteiger partial charge in [0.25, 0.3) is 5.56 Å². The van der Waals surface area contributed by atoms with Gasteiger partial charge >= 0.3 is 0 Å². The van der Waals surface area contributed by atoms with Crippen molar-refractivity contribution in [3.8, 4) is 0 Å². The number of aromatic nitrogens is 5. The van der Waals surface area contributed by atoms with Gasteiger partial charge in [-0.1, -0.05) is 17.3 Å². The molecule has 0 fully saturated rings. The van der Waals surface area contributed by atoms with Crippen LogP contribution >= 0.6 is 11.3 Å². The zero-order valence-electron chi connectivity index (χ0n) is 14.2. The number of benzene rings is 1. The molecule has 1 N–H and O–H groups in total. The molecule has 5 rings (SSSR count). The largest absolute Gasteiger partial charge is 0.312 e. The van der Waals surface area contributed by atoms with E-state index < -0.39 is 0 Å². The Balaban J connectivity index is 1.39. The van der Waals surface area contributed by atoms with Crippen LogP contribution in [0.2, 0.25) is 0 Å². The Labute approximate surface area is 153 Å². The fourth-order valence-corrected chi connectivity index (χ4v) is 4.73. The summed E-state index contributed by atoms with van der Waals surface area (Å²) in [7, 11) is 0. The maximum Gasteiger partial charge on any atom is 0.262 e. The highest BCUT2D eigenvalue weighted by molar-refractivity contribution is 7.18. The van der Waals surface area contributed by atoms with E-state index in [-0.39, 0.29) is 5.56 Å². The third kappa shape index (κ3) is 2.53. The monoisotopic (exact) mass is 366 g/mol. The minimum Gasteiger partial charge on any atom is -0.312 e. The molecular formula is C18H18N6OS. The summed E-state index contributed by atoms with van der Waals surface area (Å²) in [6, 6.07) is 7.91. The molecule has 0 radical (unpaired) electrons. The average Bonchev–Trinajstić information content (AvgIpc) is 3.25. The van der Waals surface area contributed by atoms with E-state index in [2.05, 4.69) is 20.6 Å². The van der Waals surface area contributed by atoms with Gasteiger partial charge in [-0.25, -0.2) is 9.67 Å². The number of fused-ring (bicyclic) bond motifs is 4. The lowest BCUT2D eigenvalue weighted by atomic mass is 10.1. The van der Waals surface area contributed by atoms with Crippen molar-refractivity contribution in [1.82, 2.24) is 29.9 Å². The summed E-state index contributed by atoms with van der Waals surface area (Å²) in [4.78, 5) is 19.6. The van der Waals surface area contributed by atoms with E-state index in [9.17, 15) is 4.79 Å². The molecule has 0 saturated carbocycles. The van der Waals surface area contributed by atoms with E-state index in [4.69, 9.17) is 0 Å². The first-order valence-electron chi connectivity index (χ1n) is 8.80. The van der Waals surface area contributed by atoms with E-state index in [0.29, 0.717) is 6.54 Å². The molecule has 1 aliphatic heterocycles. The first-order valence-corrected chi connectivity index (χ1v) is 9.61. The number of nitrogens with zero attached hydrogens (tertiary/aromatic N) is 5. The number of hydrogen-bond acceptors (Lipinski definition) is 6. The Morgan fingerprint density at radius 1 is 1.23 bits per heavy atom. The SMILES string of the molecule is O=c1c2c3c(sc2ncn1CCCn1nnc2ccccc21)CNCC3. The lowest BCUT2D eigenvalue weighted by Crippen LogP contribution is -2.25. The maximum atomic E-state index is 12.9. The molecular weight excluding hydrogens is 348 g/mol. The molecule has 0 unspecified atom stereocenters. The number of hydrogen-bond donors (Lipinski definition) is 1. The van der Waals surface area contributed by atoms with Crippen LogP contribution in [0.15, 0.2) is 35.4 Å². The zero-order chi connectivity index (χ0) is 17.5. The van der Waals surface area contributed by atoms with Gasteiger partial charge in [-0.2, -0.15) is 0 Å². The second kappa shape index (κ2) is 6.30. The molecule has 0 aliphatic carbocycles. The van der Waals surface area contributed by atoms with Gasteiger partial charge in [0.05, 0.1) is 17.2 Å². The smallest absolute Gasteiger partial charge is 0.262 e. The van der Waals surface area contributed by atoms with Gasteiger partial charge in [-0.15, -0.1) is 16.4 Å². The Morgan fingerprint density at radius 2 is 2.15 bits per heavy atom. The summed E-state index contributed by atoms with van der Waals surface area (Å²) in [5.41, 5.74) is 3.19. The molecule has 1 aliphatic rings. The molecule has 26 heavy (non-hydrogen) atoms. The van der Waals surface area contributed by atoms with Crippen molar-refractivity contribution in [2.24, 2.45) is 0 Å². The molecule has 1 aromatic carbocycles. The summed E-state index contributed by atoms with van der Waals surface area (Å²) in [5, 5.41) is 12.6. The van der Waals surface area contributed by atoms with E-state index in [1.165, 1.54) is 10.4 Å². The summed E-state index contributed by atoms with van der Waals surface area (Å²) in [6.07, 6.45) is 3.38. The van der Waals surface area contributed by atoms with Gasteiger partial charge in [0.15, 0.2) is 0 Å². The Kier molecular flexibility index (Phi) is 3.79. The number of rotatable bonds is 4. The molecule has 0 spiro atoms. The topological polar surface area (TPSA) is 77.6 Å². The molecule has 8 heteroatoms. The quantitative estimate of drug-likeness (QED) is 0.597. The molecule has 132 valence electrons. The minimum atomic E-state index is 0.0813. The van der Waals surface area contributed by atoms with Crippen LogP contribution in [0.5, 0.6) is 0 Å². The van der Waals surface area contributed by atoms with Crippen LogP contribution in [0, 0.1) is 0 Å². The Hall–Kier alpha value is -2.58. The Bertz CT molecular complexity index is 1160. The molecule has 4 heterocycles. The first-order chi connectivity index (χ1) is 12.8. The fraction of sp³-hybridized carbons (Fsp3) is 0.333. The van der Waals surface area contributed by atoms with Crippen LogP contribution in [0.1, 0.15) is 16.9 Å². The number of nitrogens with one attached hydrogen (secondary N) is 1. The summed E-state index contributed by atoms with van der Waals surface area (Å²) in [6.45, 7) is 3.11. The van der Waals surface area contributed by atoms with E-state index >= 15 is 0 Å². The number of thiophene rings is 1. The van der Waals surface area contributed by atoms with Crippen molar-refractivity contribution in [1.29, 1.82) is 0 Å². The second-order valence-electron chi connectivity index (χ2n) is 6.51. The average molecular weight is 366 g/mol. The van der Waals surface area contributed by atoms with Crippen LogP contribution in [0.4, 0.5) is 0 Å². The highest BCUT2D eigenvalue weighted by atomic mass is 32.1.